The molecule has 20 heavy (non-hydrogen) atoms. The lowest BCUT2D eigenvalue weighted by molar-refractivity contribution is 0.290. The second kappa shape index (κ2) is 8.68. The lowest BCUT2D eigenvalue weighted by atomic mass is 9.99. The zero-order valence-electron chi connectivity index (χ0n) is 12.9. The van der Waals surface area contributed by atoms with E-state index >= 15 is 0 Å². The normalized spacial score (nSPS) is 13.9. The summed E-state index contributed by atoms with van der Waals surface area (Å²) >= 11 is 0. The van der Waals surface area contributed by atoms with E-state index in [-0.39, 0.29) is 0 Å². The van der Waals surface area contributed by atoms with Crippen LogP contribution in [0.5, 0.6) is 0 Å². The molecule has 1 rings (SSSR count). The summed E-state index contributed by atoms with van der Waals surface area (Å²) in [5, 5.41) is 12.6. The smallest absolute Gasteiger partial charge is 0.105 e. The van der Waals surface area contributed by atoms with E-state index in [1.54, 1.807) is 0 Å². The Labute approximate surface area is 122 Å². The second-order valence-corrected chi connectivity index (χ2v) is 5.53. The van der Waals surface area contributed by atoms with Gasteiger partial charge in [-0.05, 0) is 57.5 Å². The summed E-state index contributed by atoms with van der Waals surface area (Å²) in [6, 6.07) is 6.50. The molecule has 110 valence electrons. The zero-order valence-corrected chi connectivity index (χ0v) is 12.9. The van der Waals surface area contributed by atoms with Crippen LogP contribution in [-0.2, 0) is 6.42 Å². The van der Waals surface area contributed by atoms with Crippen molar-refractivity contribution in [3.8, 4) is 6.07 Å². The molecule has 0 saturated carbocycles. The monoisotopic (exact) mass is 274 g/mol. The van der Waals surface area contributed by atoms with E-state index in [2.05, 4.69) is 47.4 Å². The van der Waals surface area contributed by atoms with E-state index in [9.17, 15) is 5.26 Å². The minimum absolute atomic E-state index is 0.416. The van der Waals surface area contributed by atoms with E-state index in [0.717, 1.165) is 38.9 Å². The Morgan fingerprint density at radius 2 is 2.05 bits per heavy atom. The third-order valence-corrected chi connectivity index (χ3v) is 3.54. The number of likely N-dealkylation sites (N-methyl/N-ethyl adjacent to an activating group) is 1. The van der Waals surface area contributed by atoms with E-state index in [1.165, 1.54) is 5.56 Å². The van der Waals surface area contributed by atoms with Crippen molar-refractivity contribution in [2.24, 2.45) is 0 Å². The molecular weight excluding hydrogens is 248 g/mol. The summed E-state index contributed by atoms with van der Waals surface area (Å²) in [6.07, 6.45) is 6.57. The van der Waals surface area contributed by atoms with Crippen molar-refractivity contribution in [3.63, 3.8) is 0 Å². The molecule has 0 aromatic carbocycles. The number of hydrogen-bond donors (Lipinski definition) is 1. The van der Waals surface area contributed by atoms with Crippen molar-refractivity contribution in [1.82, 2.24) is 15.2 Å². The molecule has 1 N–H and O–H groups in total. The highest BCUT2D eigenvalue weighted by molar-refractivity contribution is 5.10. The molecule has 0 amide bonds. The summed E-state index contributed by atoms with van der Waals surface area (Å²) < 4.78 is 0. The van der Waals surface area contributed by atoms with Crippen molar-refractivity contribution in [2.75, 3.05) is 26.7 Å². The Kier molecular flexibility index (Phi) is 7.21. The predicted molar refractivity (Wildman–Crippen MR) is 82.4 cm³/mol. The van der Waals surface area contributed by atoms with Crippen molar-refractivity contribution in [1.29, 1.82) is 5.26 Å². The maximum atomic E-state index is 9.29. The van der Waals surface area contributed by atoms with Gasteiger partial charge in [0.05, 0.1) is 6.07 Å². The Hall–Kier alpha value is -1.44. The molecule has 1 aromatic rings. The van der Waals surface area contributed by atoms with Gasteiger partial charge in [0.25, 0.3) is 0 Å². The number of pyridine rings is 1. The number of rotatable bonds is 9. The Bertz CT molecular complexity index is 412. The van der Waals surface area contributed by atoms with Gasteiger partial charge in [0.2, 0.25) is 0 Å². The van der Waals surface area contributed by atoms with Gasteiger partial charge in [-0.1, -0.05) is 6.92 Å². The summed E-state index contributed by atoms with van der Waals surface area (Å²) in [7, 11) is 2.11. The van der Waals surface area contributed by atoms with Crippen LogP contribution in [0.2, 0.25) is 0 Å². The lowest BCUT2D eigenvalue weighted by Gasteiger charge is -2.26. The van der Waals surface area contributed by atoms with E-state index in [4.69, 9.17) is 0 Å². The molecule has 0 aliphatic carbocycles. The van der Waals surface area contributed by atoms with Gasteiger partial charge in [0.1, 0.15) is 5.54 Å². The van der Waals surface area contributed by atoms with Gasteiger partial charge in [-0.25, -0.2) is 0 Å². The number of nitriles is 1. The fourth-order valence-corrected chi connectivity index (χ4v) is 1.98. The first-order chi connectivity index (χ1) is 9.59. The van der Waals surface area contributed by atoms with Gasteiger partial charge >= 0.3 is 0 Å². The van der Waals surface area contributed by atoms with Crippen LogP contribution in [0.15, 0.2) is 24.5 Å². The first-order valence-corrected chi connectivity index (χ1v) is 7.33. The van der Waals surface area contributed by atoms with Gasteiger partial charge in [-0.15, -0.1) is 0 Å². The van der Waals surface area contributed by atoms with Gasteiger partial charge in [0, 0.05) is 25.5 Å². The van der Waals surface area contributed by atoms with Crippen molar-refractivity contribution in [3.05, 3.63) is 30.1 Å². The summed E-state index contributed by atoms with van der Waals surface area (Å²) in [5.41, 5.74) is 0.889. The third-order valence-electron chi connectivity index (χ3n) is 3.54. The van der Waals surface area contributed by atoms with Crippen LogP contribution >= 0.6 is 0 Å². The van der Waals surface area contributed by atoms with Gasteiger partial charge in [0.15, 0.2) is 0 Å². The average molecular weight is 274 g/mol. The quantitative estimate of drug-likeness (QED) is 0.750. The summed E-state index contributed by atoms with van der Waals surface area (Å²) in [6.45, 7) is 6.92. The molecule has 4 heteroatoms. The number of hydrogen-bond acceptors (Lipinski definition) is 4. The second-order valence-electron chi connectivity index (χ2n) is 5.53. The van der Waals surface area contributed by atoms with Gasteiger partial charge in [-0.3, -0.25) is 10.3 Å². The van der Waals surface area contributed by atoms with Crippen LogP contribution in [0.3, 0.4) is 0 Å². The Morgan fingerprint density at radius 1 is 1.35 bits per heavy atom. The van der Waals surface area contributed by atoms with Crippen LogP contribution in [0.1, 0.15) is 32.3 Å². The fraction of sp³-hybridized carbons (Fsp3) is 0.625. The van der Waals surface area contributed by atoms with Gasteiger partial charge in [-0.2, -0.15) is 5.26 Å². The minimum atomic E-state index is -0.416. The average Bonchev–Trinajstić information content (AvgIpc) is 2.50. The molecule has 0 saturated heterocycles. The highest BCUT2D eigenvalue weighted by Gasteiger charge is 2.22. The lowest BCUT2D eigenvalue weighted by Crippen LogP contribution is -2.44. The fourth-order valence-electron chi connectivity index (χ4n) is 1.98. The predicted octanol–water partition coefficient (Wildman–Crippen LogP) is 2.23. The zero-order chi connectivity index (χ0) is 14.8. The van der Waals surface area contributed by atoms with Crippen molar-refractivity contribution in [2.45, 2.75) is 38.6 Å². The van der Waals surface area contributed by atoms with E-state index < -0.39 is 5.54 Å². The van der Waals surface area contributed by atoms with Crippen LogP contribution in [0.25, 0.3) is 0 Å². The topological polar surface area (TPSA) is 52.0 Å². The van der Waals surface area contributed by atoms with Crippen LogP contribution in [-0.4, -0.2) is 42.1 Å². The Balaban J connectivity index is 2.31. The van der Waals surface area contributed by atoms with Crippen molar-refractivity contribution < 1.29 is 0 Å². The first-order valence-electron chi connectivity index (χ1n) is 7.33. The largest absolute Gasteiger partial charge is 0.306 e. The van der Waals surface area contributed by atoms with E-state index in [0.29, 0.717) is 0 Å². The minimum Gasteiger partial charge on any atom is -0.306 e. The van der Waals surface area contributed by atoms with Crippen LogP contribution < -0.4 is 5.32 Å². The summed E-state index contributed by atoms with van der Waals surface area (Å²) in [5.74, 6) is 0. The molecule has 0 aliphatic heterocycles. The molecule has 1 unspecified atom stereocenters. The van der Waals surface area contributed by atoms with Crippen LogP contribution in [0, 0.1) is 11.3 Å². The third kappa shape index (κ3) is 6.14. The molecule has 0 fully saturated rings. The molecule has 1 aromatic heterocycles. The Morgan fingerprint density at radius 3 is 2.65 bits per heavy atom. The molecule has 1 atom stereocenters. The summed E-state index contributed by atoms with van der Waals surface area (Å²) in [4.78, 5) is 6.30. The first kappa shape index (κ1) is 16.6. The van der Waals surface area contributed by atoms with Crippen LogP contribution in [0.4, 0.5) is 0 Å². The molecule has 0 aliphatic rings. The van der Waals surface area contributed by atoms with E-state index in [1.807, 2.05) is 19.3 Å². The van der Waals surface area contributed by atoms with Gasteiger partial charge < -0.3 is 4.90 Å². The number of aromatic nitrogens is 1. The molecule has 0 spiro atoms. The number of nitrogens with one attached hydrogen (secondary N) is 1. The molecule has 1 heterocycles. The molecule has 4 nitrogen and oxygen atoms in total. The van der Waals surface area contributed by atoms with Crippen molar-refractivity contribution >= 4 is 0 Å². The number of nitrogens with zero attached hydrogens (tertiary/aromatic N) is 3. The molecule has 0 bridgehead atoms. The molecular formula is C16H26N4. The highest BCUT2D eigenvalue weighted by Crippen LogP contribution is 2.09. The maximum absolute atomic E-state index is 9.29. The molecule has 0 radical (unpaired) electrons. The highest BCUT2D eigenvalue weighted by atomic mass is 15.1. The maximum Gasteiger partial charge on any atom is 0.105 e. The standard InChI is InChI=1S/C16H26N4/c1-4-9-19-16(2,14-17)8-13-20(3)12-7-15-5-10-18-11-6-15/h5-6,10-11,19H,4,7-9,12-13H2,1-3H3. The SMILES string of the molecule is CCCNC(C)(C#N)CCN(C)CCc1ccncc1.